The number of hydrogen-bond donors (Lipinski definition) is 0. The van der Waals surface area contributed by atoms with E-state index in [0.29, 0.717) is 45.8 Å². The summed E-state index contributed by atoms with van der Waals surface area (Å²) >= 11 is 0. The molecule has 2 bridgehead atoms. The molecule has 1 unspecified atom stereocenters. The topological polar surface area (TPSA) is 81.8 Å². The van der Waals surface area contributed by atoms with Crippen molar-refractivity contribution in [2.45, 2.75) is 32.2 Å². The van der Waals surface area contributed by atoms with Gasteiger partial charge in [0.05, 0.1) is 25.5 Å². The van der Waals surface area contributed by atoms with Crippen molar-refractivity contribution in [2.24, 2.45) is 5.92 Å². The molecule has 34 heavy (non-hydrogen) atoms. The molecule has 3 aromatic heterocycles. The van der Waals surface area contributed by atoms with Gasteiger partial charge in [-0.2, -0.15) is 9.97 Å². The second kappa shape index (κ2) is 8.39. The lowest BCUT2D eigenvalue weighted by Crippen LogP contribution is -2.46. The Labute approximate surface area is 196 Å². The molecule has 3 fully saturated rings. The molecular formula is C25H26FN7O. The fraction of sp³-hybridized carbons (Fsp3) is 0.400. The highest BCUT2D eigenvalue weighted by molar-refractivity contribution is 5.78. The fourth-order valence-electron chi connectivity index (χ4n) is 5.40. The second-order valence-corrected chi connectivity index (χ2v) is 9.18. The Morgan fingerprint density at radius 2 is 1.97 bits per heavy atom. The third-order valence-electron chi connectivity index (χ3n) is 7.21. The van der Waals surface area contributed by atoms with E-state index in [2.05, 4.69) is 30.9 Å². The van der Waals surface area contributed by atoms with Crippen LogP contribution in [0.2, 0.25) is 0 Å². The van der Waals surface area contributed by atoms with Gasteiger partial charge in [-0.15, -0.1) is 0 Å². The van der Waals surface area contributed by atoms with Gasteiger partial charge < -0.3 is 14.2 Å². The summed E-state index contributed by atoms with van der Waals surface area (Å²) in [6.45, 7) is 5.49. The third-order valence-corrected chi connectivity index (χ3v) is 7.21. The quantitative estimate of drug-likeness (QED) is 0.451. The minimum atomic E-state index is -0.210. The first kappa shape index (κ1) is 21.1. The fourth-order valence-corrected chi connectivity index (χ4v) is 5.40. The molecule has 0 saturated carbocycles. The van der Waals surface area contributed by atoms with Crippen LogP contribution in [0.5, 0.6) is 6.01 Å². The zero-order valence-corrected chi connectivity index (χ0v) is 19.3. The van der Waals surface area contributed by atoms with Crippen LogP contribution in [0.15, 0.2) is 36.8 Å². The van der Waals surface area contributed by atoms with Crippen LogP contribution in [0.3, 0.4) is 0 Å². The minimum absolute atomic E-state index is 0.210. The Morgan fingerprint density at radius 3 is 2.65 bits per heavy atom. The van der Waals surface area contributed by atoms with E-state index in [0.717, 1.165) is 12.1 Å². The van der Waals surface area contributed by atoms with Crippen molar-refractivity contribution >= 4 is 11.2 Å². The Balaban J connectivity index is 1.41. The number of methoxy groups -OCH3 is 1. The molecule has 3 aliphatic rings. The number of hydrogen-bond acceptors (Lipinski definition) is 7. The van der Waals surface area contributed by atoms with Crippen LogP contribution in [-0.4, -0.2) is 61.1 Å². The summed E-state index contributed by atoms with van der Waals surface area (Å²) < 4.78 is 22.6. The summed E-state index contributed by atoms with van der Waals surface area (Å²) in [4.78, 5) is 24.7. The van der Waals surface area contributed by atoms with E-state index in [1.54, 1.807) is 24.7 Å². The molecule has 3 saturated heterocycles. The minimum Gasteiger partial charge on any atom is -0.467 e. The smallest absolute Gasteiger partial charge is 0.318 e. The number of aromatic nitrogens is 6. The van der Waals surface area contributed by atoms with E-state index in [4.69, 9.17) is 9.72 Å². The number of imidazole rings is 1. The first-order valence-corrected chi connectivity index (χ1v) is 11.7. The Kier molecular flexibility index (Phi) is 5.21. The average molecular weight is 460 g/mol. The Hall–Kier alpha value is -3.46. The van der Waals surface area contributed by atoms with Crippen molar-refractivity contribution < 1.29 is 9.13 Å². The highest BCUT2D eigenvalue weighted by Crippen LogP contribution is 2.39. The van der Waals surface area contributed by atoms with E-state index >= 15 is 4.39 Å². The van der Waals surface area contributed by atoms with Crippen molar-refractivity contribution in [3.63, 3.8) is 0 Å². The SMILES string of the molecule is COc1nc(C)c2nc(-c3cnccn3)n(Cc3ccc(C4CN5CCC4CC5)cc3F)c2n1. The maximum atomic E-state index is 15.5. The summed E-state index contributed by atoms with van der Waals surface area (Å²) in [5, 5.41) is 0. The summed E-state index contributed by atoms with van der Waals surface area (Å²) in [6, 6.07) is 5.96. The molecule has 4 aromatic rings. The Bertz CT molecular complexity index is 1350. The number of benzene rings is 1. The molecule has 0 amide bonds. The van der Waals surface area contributed by atoms with E-state index in [9.17, 15) is 0 Å². The number of nitrogens with zero attached hydrogens (tertiary/aromatic N) is 7. The number of aryl methyl sites for hydroxylation is 1. The van der Waals surface area contributed by atoms with Crippen molar-refractivity contribution in [3.8, 4) is 17.5 Å². The highest BCUT2D eigenvalue weighted by atomic mass is 19.1. The van der Waals surface area contributed by atoms with Crippen molar-refractivity contribution in [3.05, 3.63) is 59.4 Å². The molecule has 0 spiro atoms. The maximum absolute atomic E-state index is 15.5. The number of piperidine rings is 3. The molecule has 8 nitrogen and oxygen atoms in total. The summed E-state index contributed by atoms with van der Waals surface area (Å²) in [5.74, 6) is 1.42. The predicted octanol–water partition coefficient (Wildman–Crippen LogP) is 3.60. The van der Waals surface area contributed by atoms with Gasteiger partial charge in [0.1, 0.15) is 17.0 Å². The third kappa shape index (κ3) is 3.60. The molecular weight excluding hydrogens is 433 g/mol. The van der Waals surface area contributed by atoms with Crippen LogP contribution in [-0.2, 0) is 6.54 Å². The van der Waals surface area contributed by atoms with Gasteiger partial charge in [0, 0.05) is 24.5 Å². The number of rotatable bonds is 5. The lowest BCUT2D eigenvalue weighted by molar-refractivity contribution is 0.0870. The van der Waals surface area contributed by atoms with Gasteiger partial charge in [-0.3, -0.25) is 4.98 Å². The van der Waals surface area contributed by atoms with Gasteiger partial charge in [-0.1, -0.05) is 12.1 Å². The summed E-state index contributed by atoms with van der Waals surface area (Å²) in [5.41, 5.74) is 4.15. The molecule has 6 heterocycles. The monoisotopic (exact) mass is 459 g/mol. The normalized spacial score (nSPS) is 21.8. The molecule has 1 atom stereocenters. The molecule has 7 rings (SSSR count). The zero-order valence-electron chi connectivity index (χ0n) is 19.3. The lowest BCUT2D eigenvalue weighted by atomic mass is 9.75. The number of fused-ring (bicyclic) bond motifs is 4. The molecule has 3 aliphatic heterocycles. The van der Waals surface area contributed by atoms with Gasteiger partial charge in [-0.25, -0.2) is 14.4 Å². The molecule has 1 aromatic carbocycles. The molecule has 9 heteroatoms. The van der Waals surface area contributed by atoms with Crippen molar-refractivity contribution in [1.82, 2.24) is 34.4 Å². The van der Waals surface area contributed by atoms with Gasteiger partial charge in [-0.05, 0) is 56.3 Å². The maximum Gasteiger partial charge on any atom is 0.318 e. The second-order valence-electron chi connectivity index (χ2n) is 9.18. The van der Waals surface area contributed by atoms with Crippen LogP contribution in [0.25, 0.3) is 22.7 Å². The van der Waals surface area contributed by atoms with Crippen LogP contribution in [0, 0.1) is 18.7 Å². The van der Waals surface area contributed by atoms with Gasteiger partial charge >= 0.3 is 6.01 Å². The van der Waals surface area contributed by atoms with Crippen LogP contribution in [0.1, 0.15) is 35.6 Å². The van der Waals surface area contributed by atoms with Gasteiger partial charge in [0.15, 0.2) is 11.5 Å². The van der Waals surface area contributed by atoms with Gasteiger partial charge in [0.2, 0.25) is 0 Å². The zero-order chi connectivity index (χ0) is 23.2. The van der Waals surface area contributed by atoms with Crippen molar-refractivity contribution in [2.75, 3.05) is 26.7 Å². The predicted molar refractivity (Wildman–Crippen MR) is 125 cm³/mol. The summed E-state index contributed by atoms with van der Waals surface area (Å²) in [7, 11) is 1.53. The Morgan fingerprint density at radius 1 is 1.12 bits per heavy atom. The highest BCUT2D eigenvalue weighted by Gasteiger charge is 2.35. The van der Waals surface area contributed by atoms with Crippen LogP contribution < -0.4 is 4.74 Å². The van der Waals surface area contributed by atoms with Crippen LogP contribution >= 0.6 is 0 Å². The average Bonchev–Trinajstić information content (AvgIpc) is 3.25. The van der Waals surface area contributed by atoms with E-state index in [1.807, 2.05) is 17.6 Å². The van der Waals surface area contributed by atoms with Gasteiger partial charge in [0.25, 0.3) is 0 Å². The summed E-state index contributed by atoms with van der Waals surface area (Å²) in [6.07, 6.45) is 7.28. The standard InChI is InChI=1S/C25H26FN7O/c1-15-22-24(31-25(29-15)34-2)33(23(30-22)21-12-27-7-8-28-21)13-18-4-3-17(11-20(18)26)19-14-32-9-5-16(19)6-10-32/h3-4,7-8,11-12,16,19H,5-6,9-10,13-14H2,1-2H3. The largest absolute Gasteiger partial charge is 0.467 e. The molecule has 0 radical (unpaired) electrons. The molecule has 0 aliphatic carbocycles. The van der Waals surface area contributed by atoms with Crippen molar-refractivity contribution in [1.29, 1.82) is 0 Å². The number of ether oxygens (including phenoxy) is 1. The molecule has 174 valence electrons. The van der Waals surface area contributed by atoms with Crippen LogP contribution in [0.4, 0.5) is 4.39 Å². The van der Waals surface area contributed by atoms with E-state index < -0.39 is 0 Å². The van der Waals surface area contributed by atoms with E-state index in [1.165, 1.54) is 33.0 Å². The first-order valence-electron chi connectivity index (χ1n) is 11.7. The van der Waals surface area contributed by atoms with E-state index in [-0.39, 0.29) is 18.4 Å². The first-order chi connectivity index (χ1) is 16.6. The lowest BCUT2D eigenvalue weighted by Gasteiger charge is -2.45. The molecule has 0 N–H and O–H groups in total. The number of halogens is 1.